The van der Waals surface area contributed by atoms with Crippen LogP contribution < -0.4 is 5.48 Å². The van der Waals surface area contributed by atoms with Gasteiger partial charge in [0.05, 0.1) is 5.41 Å². The molecule has 2 atom stereocenters. The fourth-order valence-corrected chi connectivity index (χ4v) is 4.45. The molecule has 0 bridgehead atoms. The number of carbonyl (C=O) groups excluding carboxylic acids is 2. The summed E-state index contributed by atoms with van der Waals surface area (Å²) >= 11 is 0. The minimum Gasteiger partial charge on any atom is -0.329 e. The molecule has 5 heteroatoms. The molecule has 136 valence electrons. The number of carbonyl (C=O) groups is 2. The standard InChI is InChI=1S/C20H28N2O3/c1-14-8-10-16(11-9-14)20(2)12-13-22(19(20)24)17(18(23)21-25)15-6-4-3-5-7-15/h8-11,15,17,25H,3-7,12-13H2,1-2H3,(H,21,23)/t17-,20?/m1/s1. The van der Waals surface area contributed by atoms with E-state index < -0.39 is 17.4 Å². The van der Waals surface area contributed by atoms with E-state index in [1.165, 1.54) is 6.42 Å². The summed E-state index contributed by atoms with van der Waals surface area (Å²) in [6, 6.07) is 7.51. The van der Waals surface area contributed by atoms with Crippen LogP contribution in [0.4, 0.5) is 0 Å². The van der Waals surface area contributed by atoms with Gasteiger partial charge < -0.3 is 4.90 Å². The summed E-state index contributed by atoms with van der Waals surface area (Å²) in [4.78, 5) is 27.4. The Hall–Kier alpha value is -1.88. The van der Waals surface area contributed by atoms with Gasteiger partial charge in [0.15, 0.2) is 0 Å². The molecule has 2 N–H and O–H groups in total. The first kappa shape index (κ1) is 17.9. The van der Waals surface area contributed by atoms with Gasteiger partial charge in [0.2, 0.25) is 5.91 Å². The van der Waals surface area contributed by atoms with Crippen LogP contribution in [0.5, 0.6) is 0 Å². The second-order valence-corrected chi connectivity index (χ2v) is 7.77. The van der Waals surface area contributed by atoms with E-state index in [9.17, 15) is 14.8 Å². The van der Waals surface area contributed by atoms with Crippen LogP contribution >= 0.6 is 0 Å². The summed E-state index contributed by atoms with van der Waals surface area (Å²) in [5, 5.41) is 9.22. The summed E-state index contributed by atoms with van der Waals surface area (Å²) in [6.07, 6.45) is 5.90. The van der Waals surface area contributed by atoms with Gasteiger partial charge in [-0.3, -0.25) is 14.8 Å². The van der Waals surface area contributed by atoms with Crippen LogP contribution in [0.15, 0.2) is 24.3 Å². The van der Waals surface area contributed by atoms with Gasteiger partial charge in [0, 0.05) is 6.54 Å². The molecule has 1 aliphatic carbocycles. The van der Waals surface area contributed by atoms with Crippen LogP contribution in [-0.2, 0) is 15.0 Å². The van der Waals surface area contributed by atoms with Crippen molar-refractivity contribution in [1.29, 1.82) is 0 Å². The molecule has 1 heterocycles. The Morgan fingerprint density at radius 1 is 1.24 bits per heavy atom. The summed E-state index contributed by atoms with van der Waals surface area (Å²) in [6.45, 7) is 4.55. The van der Waals surface area contributed by atoms with Gasteiger partial charge >= 0.3 is 0 Å². The molecule has 5 nitrogen and oxygen atoms in total. The summed E-state index contributed by atoms with van der Waals surface area (Å²) < 4.78 is 0. The molecule has 1 unspecified atom stereocenters. The molecule has 0 aromatic heterocycles. The summed E-state index contributed by atoms with van der Waals surface area (Å²) in [7, 11) is 0. The summed E-state index contributed by atoms with van der Waals surface area (Å²) in [5.74, 6) is -0.325. The van der Waals surface area contributed by atoms with E-state index in [4.69, 9.17) is 0 Å². The maximum Gasteiger partial charge on any atom is 0.266 e. The second kappa shape index (κ2) is 7.16. The fourth-order valence-electron chi connectivity index (χ4n) is 4.45. The normalized spacial score (nSPS) is 25.9. The van der Waals surface area contributed by atoms with Gasteiger partial charge in [-0.2, -0.15) is 0 Å². The van der Waals surface area contributed by atoms with Crippen molar-refractivity contribution in [2.24, 2.45) is 5.92 Å². The molecule has 2 amide bonds. The van der Waals surface area contributed by atoms with E-state index in [1.54, 1.807) is 10.4 Å². The van der Waals surface area contributed by atoms with E-state index in [2.05, 4.69) is 0 Å². The molecule has 1 saturated carbocycles. The zero-order chi connectivity index (χ0) is 18.0. The number of amides is 2. The molecule has 1 aliphatic heterocycles. The van der Waals surface area contributed by atoms with Crippen molar-refractivity contribution in [3.63, 3.8) is 0 Å². The highest BCUT2D eigenvalue weighted by Gasteiger charge is 2.49. The lowest BCUT2D eigenvalue weighted by Crippen LogP contribution is -2.53. The van der Waals surface area contributed by atoms with Crippen LogP contribution in [0.1, 0.15) is 56.6 Å². The van der Waals surface area contributed by atoms with Gasteiger partial charge in [-0.1, -0.05) is 49.1 Å². The smallest absolute Gasteiger partial charge is 0.266 e. The Morgan fingerprint density at radius 2 is 1.88 bits per heavy atom. The average Bonchev–Trinajstić information content (AvgIpc) is 2.93. The molecule has 0 spiro atoms. The number of nitrogens with one attached hydrogen (secondary N) is 1. The maximum absolute atomic E-state index is 13.3. The zero-order valence-corrected chi connectivity index (χ0v) is 15.1. The Bertz CT molecular complexity index is 637. The highest BCUT2D eigenvalue weighted by Crippen LogP contribution is 2.39. The average molecular weight is 344 g/mol. The van der Waals surface area contributed by atoms with E-state index in [1.807, 2.05) is 38.1 Å². The van der Waals surface area contributed by atoms with Crippen molar-refractivity contribution >= 4 is 11.8 Å². The van der Waals surface area contributed by atoms with Crippen LogP contribution in [0, 0.1) is 12.8 Å². The van der Waals surface area contributed by atoms with E-state index in [0.29, 0.717) is 13.0 Å². The molecule has 0 radical (unpaired) electrons. The fraction of sp³-hybridized carbons (Fsp3) is 0.600. The Balaban J connectivity index is 1.87. The topological polar surface area (TPSA) is 69.6 Å². The van der Waals surface area contributed by atoms with E-state index in [-0.39, 0.29) is 11.8 Å². The van der Waals surface area contributed by atoms with Gasteiger partial charge in [-0.25, -0.2) is 5.48 Å². The molecular formula is C20H28N2O3. The molecule has 1 aromatic rings. The first-order valence-electron chi connectivity index (χ1n) is 9.29. The predicted molar refractivity (Wildman–Crippen MR) is 95.2 cm³/mol. The number of likely N-dealkylation sites (tertiary alicyclic amines) is 1. The van der Waals surface area contributed by atoms with Crippen LogP contribution in [0.3, 0.4) is 0 Å². The van der Waals surface area contributed by atoms with Gasteiger partial charge in [0.1, 0.15) is 6.04 Å². The Morgan fingerprint density at radius 3 is 2.48 bits per heavy atom. The van der Waals surface area contributed by atoms with Gasteiger partial charge in [-0.15, -0.1) is 0 Å². The monoisotopic (exact) mass is 344 g/mol. The van der Waals surface area contributed by atoms with Gasteiger partial charge in [0.25, 0.3) is 5.91 Å². The molecule has 1 aromatic carbocycles. The molecule has 25 heavy (non-hydrogen) atoms. The largest absolute Gasteiger partial charge is 0.329 e. The third kappa shape index (κ3) is 3.30. The number of hydrogen-bond donors (Lipinski definition) is 2. The van der Waals surface area contributed by atoms with Crippen molar-refractivity contribution in [3.8, 4) is 0 Å². The van der Waals surface area contributed by atoms with Crippen molar-refractivity contribution in [2.45, 2.75) is 63.8 Å². The van der Waals surface area contributed by atoms with E-state index >= 15 is 0 Å². The van der Waals surface area contributed by atoms with Gasteiger partial charge in [-0.05, 0) is 44.6 Å². The predicted octanol–water partition coefficient (Wildman–Crippen LogP) is 2.94. The molecule has 3 rings (SSSR count). The molecule has 1 saturated heterocycles. The molecule has 2 fully saturated rings. The SMILES string of the molecule is Cc1ccc(C2(C)CCN([C@@H](C(=O)NO)C3CCCCC3)C2=O)cc1. The highest BCUT2D eigenvalue weighted by atomic mass is 16.5. The number of aryl methyl sites for hydroxylation is 1. The van der Waals surface area contributed by atoms with Crippen LogP contribution in [0.2, 0.25) is 0 Å². The lowest BCUT2D eigenvalue weighted by atomic mass is 9.80. The van der Waals surface area contributed by atoms with Crippen molar-refractivity contribution in [1.82, 2.24) is 10.4 Å². The minimum atomic E-state index is -0.601. The number of nitrogens with zero attached hydrogens (tertiary/aromatic N) is 1. The lowest BCUT2D eigenvalue weighted by molar-refractivity contribution is -0.146. The Labute approximate surface area is 149 Å². The van der Waals surface area contributed by atoms with Crippen LogP contribution in [0.25, 0.3) is 0 Å². The quantitative estimate of drug-likeness (QED) is 0.652. The zero-order valence-electron chi connectivity index (χ0n) is 15.1. The first-order valence-corrected chi connectivity index (χ1v) is 9.29. The number of hydrogen-bond acceptors (Lipinski definition) is 3. The Kier molecular flexibility index (Phi) is 5.13. The van der Waals surface area contributed by atoms with Crippen LogP contribution in [-0.4, -0.2) is 34.5 Å². The maximum atomic E-state index is 13.3. The molecular weight excluding hydrogens is 316 g/mol. The van der Waals surface area contributed by atoms with E-state index in [0.717, 1.165) is 36.8 Å². The summed E-state index contributed by atoms with van der Waals surface area (Å²) in [5.41, 5.74) is 3.36. The first-order chi connectivity index (χ1) is 12.0. The third-order valence-electron chi connectivity index (χ3n) is 6.09. The lowest BCUT2D eigenvalue weighted by Gasteiger charge is -2.36. The minimum absolute atomic E-state index is 0.00414. The highest BCUT2D eigenvalue weighted by molar-refractivity contribution is 5.94. The van der Waals surface area contributed by atoms with Crippen molar-refractivity contribution < 1.29 is 14.8 Å². The second-order valence-electron chi connectivity index (χ2n) is 7.77. The van der Waals surface area contributed by atoms with Crippen molar-refractivity contribution in [2.75, 3.05) is 6.54 Å². The van der Waals surface area contributed by atoms with Crippen molar-refractivity contribution in [3.05, 3.63) is 35.4 Å². The third-order valence-corrected chi connectivity index (χ3v) is 6.09. The number of hydroxylamine groups is 1. The molecule has 2 aliphatic rings. The number of rotatable bonds is 4. The number of benzene rings is 1.